The number of hydrogen-bond acceptors (Lipinski definition) is 4. The largest absolute Gasteiger partial charge is 0.299 e. The molecule has 1 aliphatic carbocycles. The van der Waals surface area contributed by atoms with Crippen molar-refractivity contribution in [3.63, 3.8) is 0 Å². The monoisotopic (exact) mass is 405 g/mol. The number of carbonyl (C=O) groups excluding carboxylic acids is 1. The van der Waals surface area contributed by atoms with Crippen molar-refractivity contribution >= 4 is 17.5 Å². The number of ketones is 1. The van der Waals surface area contributed by atoms with Crippen molar-refractivity contribution < 1.29 is 4.79 Å². The summed E-state index contributed by atoms with van der Waals surface area (Å²) in [6, 6.07) is 18.4. The molecular formula is C24H27N3OS. The van der Waals surface area contributed by atoms with E-state index in [9.17, 15) is 4.79 Å². The van der Waals surface area contributed by atoms with Crippen molar-refractivity contribution in [2.24, 2.45) is 0 Å². The standard InChI is InChI=1S/C24H27N3OS/c1-17-13-15-20(16-14-17)23-25-26-24(27(23)21-11-7-4-8-12-21)29-18(2)22(28)19-9-5-3-6-10-19/h3,5-6,9-10,13-16,18,21H,4,7-8,11-12H2,1-2H3. The van der Waals surface area contributed by atoms with E-state index in [1.165, 1.54) is 36.6 Å². The molecule has 2 aromatic carbocycles. The predicted octanol–water partition coefficient (Wildman–Crippen LogP) is 6.12. The molecule has 1 fully saturated rings. The lowest BCUT2D eigenvalue weighted by Crippen LogP contribution is -2.18. The number of aryl methyl sites for hydroxylation is 1. The van der Waals surface area contributed by atoms with Crippen molar-refractivity contribution in [1.29, 1.82) is 0 Å². The highest BCUT2D eigenvalue weighted by atomic mass is 32.2. The zero-order valence-corrected chi connectivity index (χ0v) is 17.9. The summed E-state index contributed by atoms with van der Waals surface area (Å²) in [5.74, 6) is 1.05. The van der Waals surface area contributed by atoms with E-state index in [0.29, 0.717) is 6.04 Å². The second-order valence-corrected chi connectivity index (χ2v) is 9.13. The molecule has 4 rings (SSSR count). The highest BCUT2D eigenvalue weighted by Gasteiger charge is 2.26. The average Bonchev–Trinajstić information content (AvgIpc) is 3.18. The van der Waals surface area contributed by atoms with Crippen LogP contribution >= 0.6 is 11.8 Å². The van der Waals surface area contributed by atoms with E-state index in [4.69, 9.17) is 0 Å². The van der Waals surface area contributed by atoms with Crippen LogP contribution in [0.4, 0.5) is 0 Å². The van der Waals surface area contributed by atoms with Gasteiger partial charge in [-0.3, -0.25) is 9.36 Å². The van der Waals surface area contributed by atoms with Gasteiger partial charge in [0, 0.05) is 17.2 Å². The Morgan fingerprint density at radius 3 is 2.38 bits per heavy atom. The Labute approximate surface area is 176 Å². The van der Waals surface area contributed by atoms with Gasteiger partial charge in [0.1, 0.15) is 0 Å². The van der Waals surface area contributed by atoms with Gasteiger partial charge >= 0.3 is 0 Å². The molecule has 150 valence electrons. The van der Waals surface area contributed by atoms with E-state index in [0.717, 1.165) is 34.9 Å². The van der Waals surface area contributed by atoms with Gasteiger partial charge in [-0.05, 0) is 26.7 Å². The number of thioether (sulfide) groups is 1. The summed E-state index contributed by atoms with van der Waals surface area (Å²) in [6.45, 7) is 4.05. The molecule has 0 saturated heterocycles. The third-order valence-corrected chi connectivity index (χ3v) is 6.68. The second kappa shape index (κ2) is 8.95. The predicted molar refractivity (Wildman–Crippen MR) is 118 cm³/mol. The molecule has 1 unspecified atom stereocenters. The maximum absolute atomic E-state index is 12.9. The topological polar surface area (TPSA) is 47.8 Å². The first-order valence-corrected chi connectivity index (χ1v) is 11.3. The molecule has 0 aliphatic heterocycles. The van der Waals surface area contributed by atoms with Gasteiger partial charge in [0.2, 0.25) is 0 Å². The van der Waals surface area contributed by atoms with Crippen LogP contribution in [0.2, 0.25) is 0 Å². The maximum atomic E-state index is 12.9. The molecule has 1 aliphatic rings. The number of rotatable bonds is 6. The number of carbonyl (C=O) groups is 1. The first-order chi connectivity index (χ1) is 14.1. The zero-order chi connectivity index (χ0) is 20.2. The van der Waals surface area contributed by atoms with Crippen molar-refractivity contribution in [1.82, 2.24) is 14.8 Å². The van der Waals surface area contributed by atoms with Gasteiger partial charge in [-0.15, -0.1) is 10.2 Å². The van der Waals surface area contributed by atoms with Crippen LogP contribution in [-0.2, 0) is 0 Å². The third-order valence-electron chi connectivity index (χ3n) is 5.62. The highest BCUT2D eigenvalue weighted by molar-refractivity contribution is 8.00. The normalized spacial score (nSPS) is 15.9. The van der Waals surface area contributed by atoms with E-state index < -0.39 is 0 Å². The van der Waals surface area contributed by atoms with Crippen molar-refractivity contribution in [2.75, 3.05) is 0 Å². The van der Waals surface area contributed by atoms with Crippen molar-refractivity contribution in [3.05, 3.63) is 65.7 Å². The minimum atomic E-state index is -0.213. The van der Waals surface area contributed by atoms with Gasteiger partial charge in [0.15, 0.2) is 16.8 Å². The second-order valence-electron chi connectivity index (χ2n) is 7.82. The van der Waals surface area contributed by atoms with Gasteiger partial charge in [-0.25, -0.2) is 0 Å². The van der Waals surface area contributed by atoms with E-state index in [1.54, 1.807) is 0 Å². The first kappa shape index (κ1) is 19.9. The lowest BCUT2D eigenvalue weighted by molar-refractivity contribution is 0.0994. The number of Topliss-reactive ketones (excluding diaryl/α,β-unsaturated/α-hetero) is 1. The molecule has 3 aromatic rings. The molecule has 1 aromatic heterocycles. The molecule has 29 heavy (non-hydrogen) atoms. The molecule has 1 heterocycles. The van der Waals surface area contributed by atoms with Gasteiger partial charge in [-0.1, -0.05) is 91.2 Å². The van der Waals surface area contributed by atoms with E-state index >= 15 is 0 Å². The minimum Gasteiger partial charge on any atom is -0.299 e. The zero-order valence-electron chi connectivity index (χ0n) is 17.0. The Bertz CT molecular complexity index is 960. The molecule has 0 N–H and O–H groups in total. The van der Waals surface area contributed by atoms with Gasteiger partial charge in [0.05, 0.1) is 5.25 Å². The fourth-order valence-corrected chi connectivity index (χ4v) is 4.97. The van der Waals surface area contributed by atoms with Crippen LogP contribution in [0.1, 0.15) is 61.0 Å². The Balaban J connectivity index is 1.65. The SMILES string of the molecule is Cc1ccc(-c2nnc(SC(C)C(=O)c3ccccc3)n2C2CCCCC2)cc1. The number of aromatic nitrogens is 3. The van der Waals surface area contributed by atoms with Crippen LogP contribution in [0.3, 0.4) is 0 Å². The number of benzene rings is 2. The fraction of sp³-hybridized carbons (Fsp3) is 0.375. The average molecular weight is 406 g/mol. The molecule has 0 bridgehead atoms. The van der Waals surface area contributed by atoms with Crippen molar-refractivity contribution in [2.45, 2.75) is 62.4 Å². The summed E-state index contributed by atoms with van der Waals surface area (Å²) in [5.41, 5.74) is 3.06. The van der Waals surface area contributed by atoms with Crippen LogP contribution in [0.25, 0.3) is 11.4 Å². The van der Waals surface area contributed by atoms with Crippen LogP contribution in [-0.4, -0.2) is 25.8 Å². The smallest absolute Gasteiger partial charge is 0.192 e. The fourth-order valence-electron chi connectivity index (χ4n) is 3.97. The molecule has 0 spiro atoms. The molecule has 1 atom stereocenters. The summed E-state index contributed by atoms with van der Waals surface area (Å²) in [4.78, 5) is 12.9. The van der Waals surface area contributed by atoms with Gasteiger partial charge in [0.25, 0.3) is 0 Å². The minimum absolute atomic E-state index is 0.130. The summed E-state index contributed by atoms with van der Waals surface area (Å²) < 4.78 is 2.29. The molecule has 4 nitrogen and oxygen atoms in total. The number of nitrogens with zero attached hydrogens (tertiary/aromatic N) is 3. The molecule has 0 amide bonds. The van der Waals surface area contributed by atoms with Crippen LogP contribution in [0.15, 0.2) is 59.8 Å². The van der Waals surface area contributed by atoms with Crippen LogP contribution in [0, 0.1) is 6.92 Å². The molecular weight excluding hydrogens is 378 g/mol. The Kier molecular flexibility index (Phi) is 6.14. The molecule has 1 saturated carbocycles. The van der Waals surface area contributed by atoms with Crippen LogP contribution < -0.4 is 0 Å². The van der Waals surface area contributed by atoms with Gasteiger partial charge in [-0.2, -0.15) is 0 Å². The Hall–Kier alpha value is -2.40. The van der Waals surface area contributed by atoms with Crippen molar-refractivity contribution in [3.8, 4) is 11.4 Å². The Morgan fingerprint density at radius 2 is 1.69 bits per heavy atom. The van der Waals surface area contributed by atoms with Gasteiger partial charge < -0.3 is 0 Å². The third kappa shape index (κ3) is 4.45. The van der Waals surface area contributed by atoms with E-state index in [-0.39, 0.29) is 11.0 Å². The lowest BCUT2D eigenvalue weighted by Gasteiger charge is -2.26. The van der Waals surface area contributed by atoms with E-state index in [1.807, 2.05) is 37.3 Å². The number of hydrogen-bond donors (Lipinski definition) is 0. The summed E-state index contributed by atoms with van der Waals surface area (Å²) >= 11 is 1.53. The first-order valence-electron chi connectivity index (χ1n) is 10.4. The maximum Gasteiger partial charge on any atom is 0.192 e. The quantitative estimate of drug-likeness (QED) is 0.366. The summed E-state index contributed by atoms with van der Waals surface area (Å²) in [7, 11) is 0. The summed E-state index contributed by atoms with van der Waals surface area (Å²) in [6.07, 6.45) is 6.05. The molecule has 5 heteroatoms. The van der Waals surface area contributed by atoms with Crippen LogP contribution in [0.5, 0.6) is 0 Å². The van der Waals surface area contributed by atoms with E-state index in [2.05, 4.69) is 46.0 Å². The Morgan fingerprint density at radius 1 is 1.00 bits per heavy atom. The molecule has 0 radical (unpaired) electrons. The lowest BCUT2D eigenvalue weighted by atomic mass is 9.95. The summed E-state index contributed by atoms with van der Waals surface area (Å²) in [5, 5.41) is 9.73. The highest BCUT2D eigenvalue weighted by Crippen LogP contribution is 2.37.